The Hall–Kier alpha value is -7.66. The minimum Gasteiger partial charge on any atom is -0.344 e. The van der Waals surface area contributed by atoms with Crippen LogP contribution in [-0.4, -0.2) is 11.7 Å². The zero-order valence-electron chi connectivity index (χ0n) is 33.1. The van der Waals surface area contributed by atoms with Gasteiger partial charge in [-0.2, -0.15) is 0 Å². The molecule has 0 radical (unpaired) electrons. The molecule has 61 heavy (non-hydrogen) atoms. The quantitative estimate of drug-likeness (QED) is 0.167. The van der Waals surface area contributed by atoms with Gasteiger partial charge in [0.2, 0.25) is 0 Å². The molecule has 0 bridgehead atoms. The third-order valence-electron chi connectivity index (χ3n) is 12.1. The number of nitrogens with zero attached hydrogens (tertiary/aromatic N) is 2. The van der Waals surface area contributed by atoms with Gasteiger partial charge < -0.3 is 5.32 Å². The summed E-state index contributed by atoms with van der Waals surface area (Å²) < 4.78 is 2.50. The topological polar surface area (TPSA) is 36.8 Å². The summed E-state index contributed by atoms with van der Waals surface area (Å²) in [5.74, 6) is 1.53. The van der Waals surface area contributed by atoms with Crippen LogP contribution in [-0.2, 0) is 0 Å². The minimum atomic E-state index is -0.272. The van der Waals surface area contributed by atoms with Crippen molar-refractivity contribution >= 4 is 75.5 Å². The van der Waals surface area contributed by atoms with E-state index in [0.29, 0.717) is 5.84 Å². The number of thiophene rings is 1. The van der Waals surface area contributed by atoms with Crippen LogP contribution in [0.3, 0.4) is 0 Å². The molecule has 0 spiro atoms. The van der Waals surface area contributed by atoms with E-state index in [1.54, 1.807) is 0 Å². The molecule has 3 nitrogen and oxygen atoms in total. The van der Waals surface area contributed by atoms with Crippen molar-refractivity contribution in [2.24, 2.45) is 9.98 Å². The molecule has 1 unspecified atom stereocenters. The summed E-state index contributed by atoms with van der Waals surface area (Å²) in [5.41, 5.74) is 10.3. The van der Waals surface area contributed by atoms with Gasteiger partial charge >= 0.3 is 0 Å². The smallest absolute Gasteiger partial charge is 0.159 e. The highest BCUT2D eigenvalue weighted by Gasteiger charge is 2.22. The summed E-state index contributed by atoms with van der Waals surface area (Å²) in [6, 6.07) is 76.5. The molecule has 0 fully saturated rings. The lowest BCUT2D eigenvalue weighted by Gasteiger charge is -2.23. The van der Waals surface area contributed by atoms with E-state index >= 15 is 0 Å². The number of nitrogens with one attached hydrogen (secondary N) is 1. The number of hydrogen-bond donors (Lipinski definition) is 1. The molecule has 1 aromatic heterocycles. The van der Waals surface area contributed by atoms with E-state index in [2.05, 4.69) is 212 Å². The molecule has 2 heterocycles. The standard InChI is InChI=1S/C57H37N3S/c1-3-11-36(12-4-1)37-19-21-38(22-20-37)39-23-25-41(26-24-39)56-58-55(40-13-5-2-6-14-40)59-57(60-56)44-28-31-50-52-34-43(29-32-53(52)61-54(50)35-44)42-27-30-49-47-17-8-7-15-45(47)46-16-9-10-18-48(46)51(49)33-42/h1-35,55H,(H,58,59,60). The minimum absolute atomic E-state index is 0.272. The highest BCUT2D eigenvalue weighted by molar-refractivity contribution is 7.25. The molecule has 1 atom stereocenters. The third-order valence-corrected chi connectivity index (χ3v) is 13.3. The predicted octanol–water partition coefficient (Wildman–Crippen LogP) is 15.0. The van der Waals surface area contributed by atoms with Crippen molar-refractivity contribution in [2.45, 2.75) is 6.17 Å². The maximum atomic E-state index is 5.19. The van der Waals surface area contributed by atoms with Crippen LogP contribution >= 0.6 is 11.3 Å². The molecule has 1 aliphatic heterocycles. The van der Waals surface area contributed by atoms with E-state index in [1.165, 1.54) is 80.3 Å². The van der Waals surface area contributed by atoms with Gasteiger partial charge in [0.05, 0.1) is 0 Å². The normalized spacial score (nSPS) is 14.1. The first-order valence-corrected chi connectivity index (χ1v) is 21.6. The predicted molar refractivity (Wildman–Crippen MR) is 260 cm³/mol. The van der Waals surface area contributed by atoms with Crippen LogP contribution in [0, 0.1) is 0 Å². The highest BCUT2D eigenvalue weighted by Crippen LogP contribution is 2.40. The second-order valence-corrected chi connectivity index (χ2v) is 16.9. The van der Waals surface area contributed by atoms with Crippen LogP contribution in [0.25, 0.3) is 85.9 Å². The Morgan fingerprint density at radius 2 is 0.787 bits per heavy atom. The number of benzene rings is 10. The summed E-state index contributed by atoms with van der Waals surface area (Å²) in [6.45, 7) is 0. The molecule has 0 saturated heterocycles. The van der Waals surface area contributed by atoms with E-state index in [0.717, 1.165) is 28.1 Å². The van der Waals surface area contributed by atoms with Crippen molar-refractivity contribution < 1.29 is 0 Å². The largest absolute Gasteiger partial charge is 0.344 e. The summed E-state index contributed by atoms with van der Waals surface area (Å²) in [7, 11) is 0. The lowest BCUT2D eigenvalue weighted by atomic mass is 9.92. The molecule has 12 rings (SSSR count). The number of rotatable bonds is 6. The first-order chi connectivity index (χ1) is 30.2. The van der Waals surface area contributed by atoms with E-state index in [1.807, 2.05) is 17.4 Å². The van der Waals surface area contributed by atoms with Gasteiger partial charge in [-0.05, 0) is 95.5 Å². The van der Waals surface area contributed by atoms with Crippen LogP contribution in [0.5, 0.6) is 0 Å². The highest BCUT2D eigenvalue weighted by atomic mass is 32.1. The van der Waals surface area contributed by atoms with Crippen LogP contribution in [0.2, 0.25) is 0 Å². The molecular formula is C57H37N3S. The fraction of sp³-hybridized carbons (Fsp3) is 0.0175. The Kier molecular flexibility index (Phi) is 8.43. The molecule has 10 aromatic carbocycles. The Balaban J connectivity index is 0.887. The third kappa shape index (κ3) is 6.28. The Morgan fingerprint density at radius 3 is 1.43 bits per heavy atom. The Morgan fingerprint density at radius 1 is 0.328 bits per heavy atom. The molecule has 4 heteroatoms. The van der Waals surface area contributed by atoms with Crippen LogP contribution in [0.4, 0.5) is 0 Å². The zero-order chi connectivity index (χ0) is 40.3. The summed E-state index contributed by atoms with van der Waals surface area (Å²) in [5, 5.41) is 13.9. The molecular weight excluding hydrogens is 759 g/mol. The number of aliphatic imine (C=N–C) groups is 2. The Labute approximate surface area is 357 Å². The average molecular weight is 796 g/mol. The van der Waals surface area contributed by atoms with Crippen LogP contribution in [0.1, 0.15) is 22.9 Å². The molecule has 1 N–H and O–H groups in total. The lowest BCUT2D eigenvalue weighted by molar-refractivity contribution is 0.674. The Bertz CT molecular complexity index is 3500. The van der Waals surface area contributed by atoms with Crippen molar-refractivity contribution in [1.29, 1.82) is 0 Å². The molecule has 11 aromatic rings. The van der Waals surface area contributed by atoms with Crippen molar-refractivity contribution in [3.8, 4) is 33.4 Å². The van der Waals surface area contributed by atoms with Crippen LogP contribution < -0.4 is 5.32 Å². The van der Waals surface area contributed by atoms with E-state index in [-0.39, 0.29) is 6.17 Å². The van der Waals surface area contributed by atoms with Gasteiger partial charge in [-0.15, -0.1) is 11.3 Å². The first-order valence-electron chi connectivity index (χ1n) is 20.7. The van der Waals surface area contributed by atoms with Crippen molar-refractivity contribution in [2.75, 3.05) is 0 Å². The van der Waals surface area contributed by atoms with Gasteiger partial charge in [0, 0.05) is 31.3 Å². The second kappa shape index (κ2) is 14.6. The monoisotopic (exact) mass is 795 g/mol. The van der Waals surface area contributed by atoms with E-state index in [9.17, 15) is 0 Å². The van der Waals surface area contributed by atoms with Crippen molar-refractivity contribution in [3.63, 3.8) is 0 Å². The van der Waals surface area contributed by atoms with Crippen LogP contribution in [0.15, 0.2) is 222 Å². The SMILES string of the molecule is c1ccc(-c2ccc(-c3ccc(C4=NC(c5ccccc5)NC(c5ccc6c(c5)sc5ccc(-c7ccc8c9ccccc9c9ccccc9c8c7)cc56)=N4)cc3)cc2)cc1. The van der Waals surface area contributed by atoms with Crippen molar-refractivity contribution in [3.05, 3.63) is 229 Å². The average Bonchev–Trinajstić information content (AvgIpc) is 3.72. The number of amidine groups is 2. The fourth-order valence-corrected chi connectivity index (χ4v) is 10.1. The van der Waals surface area contributed by atoms with E-state index < -0.39 is 0 Å². The second-order valence-electron chi connectivity index (χ2n) is 15.8. The lowest BCUT2D eigenvalue weighted by Crippen LogP contribution is -2.33. The molecule has 0 amide bonds. The van der Waals surface area contributed by atoms with Gasteiger partial charge in [-0.3, -0.25) is 0 Å². The van der Waals surface area contributed by atoms with Gasteiger partial charge in [0.25, 0.3) is 0 Å². The maximum Gasteiger partial charge on any atom is 0.159 e. The van der Waals surface area contributed by atoms with Gasteiger partial charge in [0.1, 0.15) is 12.0 Å². The van der Waals surface area contributed by atoms with Gasteiger partial charge in [0.15, 0.2) is 5.84 Å². The number of hydrogen-bond acceptors (Lipinski definition) is 4. The first kappa shape index (κ1) is 35.3. The fourth-order valence-electron chi connectivity index (χ4n) is 9.02. The summed E-state index contributed by atoms with van der Waals surface area (Å²) >= 11 is 1.83. The van der Waals surface area contributed by atoms with Gasteiger partial charge in [-0.25, -0.2) is 9.98 Å². The van der Waals surface area contributed by atoms with E-state index in [4.69, 9.17) is 9.98 Å². The zero-order valence-corrected chi connectivity index (χ0v) is 33.9. The van der Waals surface area contributed by atoms with Crippen molar-refractivity contribution in [1.82, 2.24) is 5.32 Å². The van der Waals surface area contributed by atoms with Gasteiger partial charge in [-0.1, -0.05) is 188 Å². The summed E-state index contributed by atoms with van der Waals surface area (Å²) in [4.78, 5) is 10.3. The molecule has 0 aliphatic carbocycles. The molecule has 286 valence electrons. The molecule has 1 aliphatic rings. The summed E-state index contributed by atoms with van der Waals surface area (Å²) in [6.07, 6.45) is -0.272. The number of fused-ring (bicyclic) bond motifs is 9. The molecule has 0 saturated carbocycles. The maximum absolute atomic E-state index is 5.19.